The fourth-order valence-electron chi connectivity index (χ4n) is 9.30. The number of hydrogen-bond donors (Lipinski definition) is 0. The molecular formula is C53H66O8. The third-order valence-electron chi connectivity index (χ3n) is 12.1. The molecule has 0 saturated carbocycles. The summed E-state index contributed by atoms with van der Waals surface area (Å²) in [5, 5.41) is 0. The summed E-state index contributed by atoms with van der Waals surface area (Å²) in [7, 11) is 3.29. The maximum atomic E-state index is 13.2. The highest BCUT2D eigenvalue weighted by Gasteiger charge is 2.56. The van der Waals surface area contributed by atoms with Gasteiger partial charge in [0, 0.05) is 11.5 Å². The van der Waals surface area contributed by atoms with E-state index in [0.29, 0.717) is 42.0 Å². The normalized spacial score (nSPS) is 17.1. The van der Waals surface area contributed by atoms with E-state index < -0.39 is 5.97 Å². The summed E-state index contributed by atoms with van der Waals surface area (Å²) < 4.78 is 29.1. The zero-order chi connectivity index (χ0) is 43.5. The lowest BCUT2D eigenvalue weighted by Gasteiger charge is -2.30. The number of esters is 1. The summed E-state index contributed by atoms with van der Waals surface area (Å²) in [5.74, 6) is 3.51. The van der Waals surface area contributed by atoms with Crippen molar-refractivity contribution in [3.05, 3.63) is 118 Å². The van der Waals surface area contributed by atoms with Gasteiger partial charge in [-0.3, -0.25) is 0 Å². The van der Waals surface area contributed by atoms with Crippen molar-refractivity contribution in [3.8, 4) is 34.5 Å². The molecule has 4 aromatic carbocycles. The second kappa shape index (κ2) is 20.6. The number of ether oxygens (including phenoxy) is 5. The van der Waals surface area contributed by atoms with Crippen molar-refractivity contribution in [1.82, 2.24) is 0 Å². The van der Waals surface area contributed by atoms with Gasteiger partial charge in [0.05, 0.1) is 27.4 Å². The molecule has 8 heteroatoms. The van der Waals surface area contributed by atoms with Crippen molar-refractivity contribution in [3.63, 3.8) is 0 Å². The first-order chi connectivity index (χ1) is 29.4. The Morgan fingerprint density at radius 2 is 1.11 bits per heavy atom. The Bertz CT molecular complexity index is 2160. The van der Waals surface area contributed by atoms with Gasteiger partial charge in [0.1, 0.15) is 12.4 Å². The molecule has 2 aliphatic carbocycles. The molecule has 0 fully saturated rings. The standard InChI is InChI=1S/C53H66O8/c1-9-11-13-15-29-57-46-26-19-38(32-48(46)55-7)18-17-31-59-61-41-23-25-43-45(35-41)53(37-52(43,5)6)36-51(3,4)42-24-22-40(34-44(42)53)60-50(54)28-21-39-20-27-47(49(33-39)56-8)58-30-16-14-12-10-2/h17-28,32-35H,9-16,29-31,36-37H2,1-8H3/b18-17+,28-21+. The van der Waals surface area contributed by atoms with E-state index in [0.717, 1.165) is 49.0 Å². The predicted octanol–water partition coefficient (Wildman–Crippen LogP) is 12.9. The molecule has 0 N–H and O–H groups in total. The van der Waals surface area contributed by atoms with E-state index in [2.05, 4.69) is 65.8 Å². The van der Waals surface area contributed by atoms with Gasteiger partial charge in [0.25, 0.3) is 0 Å². The van der Waals surface area contributed by atoms with Crippen LogP contribution in [-0.2, 0) is 25.9 Å². The summed E-state index contributed by atoms with van der Waals surface area (Å²) in [6.45, 7) is 15.2. The molecule has 0 amide bonds. The quantitative estimate of drug-likeness (QED) is 0.0193. The summed E-state index contributed by atoms with van der Waals surface area (Å²) in [5.41, 5.74) is 6.29. The number of fused-ring (bicyclic) bond motifs is 4. The highest BCUT2D eigenvalue weighted by atomic mass is 17.2. The van der Waals surface area contributed by atoms with Crippen molar-refractivity contribution >= 4 is 18.1 Å². The van der Waals surface area contributed by atoms with Gasteiger partial charge in [-0.25, -0.2) is 4.79 Å². The van der Waals surface area contributed by atoms with E-state index in [1.165, 1.54) is 60.4 Å². The Hall–Kier alpha value is -5.21. The molecule has 8 nitrogen and oxygen atoms in total. The van der Waals surface area contributed by atoms with Crippen LogP contribution in [0.15, 0.2) is 84.9 Å². The molecule has 0 heterocycles. The molecule has 0 saturated heterocycles. The molecule has 61 heavy (non-hydrogen) atoms. The fraction of sp³-hybridized carbons (Fsp3) is 0.453. The number of benzene rings is 4. The highest BCUT2D eigenvalue weighted by Crippen LogP contribution is 2.63. The van der Waals surface area contributed by atoms with Crippen molar-refractivity contribution < 1.29 is 38.3 Å². The Labute approximate surface area is 364 Å². The number of methoxy groups -OCH3 is 2. The van der Waals surface area contributed by atoms with E-state index in [4.69, 9.17) is 33.5 Å². The number of unbranched alkanes of at least 4 members (excludes halogenated alkanes) is 6. The molecule has 6 rings (SSSR count). The van der Waals surface area contributed by atoms with E-state index in [1.54, 1.807) is 20.3 Å². The molecular weight excluding hydrogens is 765 g/mol. The number of rotatable bonds is 22. The first kappa shape index (κ1) is 45.3. The minimum Gasteiger partial charge on any atom is -0.493 e. The molecule has 4 aromatic rings. The van der Waals surface area contributed by atoms with Gasteiger partial charge in [-0.05, 0) is 125 Å². The largest absolute Gasteiger partial charge is 0.493 e. The first-order valence-electron chi connectivity index (χ1n) is 22.2. The average molecular weight is 831 g/mol. The lowest BCUT2D eigenvalue weighted by molar-refractivity contribution is -0.195. The van der Waals surface area contributed by atoms with Crippen LogP contribution in [0.5, 0.6) is 34.5 Å². The van der Waals surface area contributed by atoms with Crippen molar-refractivity contribution in [2.45, 2.75) is 122 Å². The smallest absolute Gasteiger partial charge is 0.336 e. The lowest BCUT2D eigenvalue weighted by Crippen LogP contribution is -2.27. The first-order valence-corrected chi connectivity index (χ1v) is 22.2. The highest BCUT2D eigenvalue weighted by molar-refractivity contribution is 5.89. The molecule has 0 radical (unpaired) electrons. The SMILES string of the molecule is CCCCCCOc1ccc(/C=C/COOc2ccc3c(c2)C2(CC3(C)C)CC(C)(C)c3ccc(OC(=O)/C=C/c4ccc(OCCCCCC)c(OC)c4)cc32)cc1OC. The van der Waals surface area contributed by atoms with E-state index in [-0.39, 0.29) is 22.9 Å². The van der Waals surface area contributed by atoms with Crippen molar-refractivity contribution in [2.75, 3.05) is 34.0 Å². The van der Waals surface area contributed by atoms with Crippen molar-refractivity contribution in [1.29, 1.82) is 0 Å². The van der Waals surface area contributed by atoms with Crippen LogP contribution in [0.3, 0.4) is 0 Å². The molecule has 1 spiro atoms. The minimum absolute atomic E-state index is 0.0854. The fourth-order valence-corrected chi connectivity index (χ4v) is 9.30. The number of carbonyl (C=O) groups is 1. The summed E-state index contributed by atoms with van der Waals surface area (Å²) >= 11 is 0. The zero-order valence-corrected chi connectivity index (χ0v) is 37.7. The van der Waals surface area contributed by atoms with Gasteiger partial charge >= 0.3 is 5.97 Å². The van der Waals surface area contributed by atoms with Crippen LogP contribution in [0.4, 0.5) is 0 Å². The summed E-state index contributed by atoms with van der Waals surface area (Å²) in [6.07, 6.45) is 18.1. The second-order valence-electron chi connectivity index (χ2n) is 17.8. The third kappa shape index (κ3) is 11.0. The van der Waals surface area contributed by atoms with Crippen LogP contribution in [0, 0.1) is 0 Å². The van der Waals surface area contributed by atoms with Gasteiger partial charge in [-0.1, -0.05) is 116 Å². The number of carbonyl (C=O) groups excluding carboxylic acids is 1. The average Bonchev–Trinajstić information content (AvgIpc) is 3.61. The van der Waals surface area contributed by atoms with Gasteiger partial charge in [-0.15, -0.1) is 0 Å². The third-order valence-corrected chi connectivity index (χ3v) is 12.1. The van der Waals surface area contributed by atoms with Gasteiger partial charge in [0.15, 0.2) is 28.7 Å². The molecule has 0 bridgehead atoms. The van der Waals surface area contributed by atoms with Gasteiger partial charge in [-0.2, -0.15) is 4.89 Å². The predicted molar refractivity (Wildman–Crippen MR) is 244 cm³/mol. The Kier molecular flexibility index (Phi) is 15.3. The van der Waals surface area contributed by atoms with Crippen LogP contribution < -0.4 is 28.6 Å². The molecule has 0 aliphatic heterocycles. The van der Waals surface area contributed by atoms with Crippen LogP contribution in [0.25, 0.3) is 12.2 Å². The Morgan fingerprint density at radius 3 is 1.66 bits per heavy atom. The van der Waals surface area contributed by atoms with E-state index in [1.807, 2.05) is 60.7 Å². The van der Waals surface area contributed by atoms with E-state index in [9.17, 15) is 4.79 Å². The molecule has 0 aromatic heterocycles. The molecule has 1 atom stereocenters. The van der Waals surface area contributed by atoms with Gasteiger partial charge in [0.2, 0.25) is 0 Å². The summed E-state index contributed by atoms with van der Waals surface area (Å²) in [4.78, 5) is 24.9. The molecule has 1 unspecified atom stereocenters. The van der Waals surface area contributed by atoms with Gasteiger partial charge < -0.3 is 28.6 Å². The van der Waals surface area contributed by atoms with Crippen LogP contribution in [0.2, 0.25) is 0 Å². The van der Waals surface area contributed by atoms with Crippen LogP contribution in [-0.4, -0.2) is 40.0 Å². The van der Waals surface area contributed by atoms with Crippen LogP contribution >= 0.6 is 0 Å². The lowest BCUT2D eigenvalue weighted by atomic mass is 9.72. The Morgan fingerprint density at radius 1 is 0.590 bits per heavy atom. The van der Waals surface area contributed by atoms with Crippen molar-refractivity contribution in [2.24, 2.45) is 0 Å². The monoisotopic (exact) mass is 830 g/mol. The minimum atomic E-state index is -0.450. The maximum absolute atomic E-state index is 13.2. The second-order valence-corrected chi connectivity index (χ2v) is 17.8. The van der Waals surface area contributed by atoms with Crippen LogP contribution in [0.1, 0.15) is 139 Å². The zero-order valence-electron chi connectivity index (χ0n) is 37.7. The molecule has 326 valence electrons. The Balaban J connectivity index is 1.12. The molecule has 2 aliphatic rings. The number of hydrogen-bond acceptors (Lipinski definition) is 8. The van der Waals surface area contributed by atoms with E-state index >= 15 is 0 Å². The topological polar surface area (TPSA) is 81.7 Å². The maximum Gasteiger partial charge on any atom is 0.336 e. The summed E-state index contributed by atoms with van der Waals surface area (Å²) in [6, 6.07) is 24.0.